The number of hydrogen-bond donors (Lipinski definition) is 4. The summed E-state index contributed by atoms with van der Waals surface area (Å²) in [5, 5.41) is 7.45. The van der Waals surface area contributed by atoms with Gasteiger partial charge in [-0.15, -0.1) is 0 Å². The number of ether oxygens (including phenoxy) is 2. The zero-order chi connectivity index (χ0) is 16.1. The van der Waals surface area contributed by atoms with Crippen molar-refractivity contribution < 1.29 is 9.47 Å². The molecule has 23 heavy (non-hydrogen) atoms. The maximum Gasteiger partial charge on any atom is 0.231 e. The van der Waals surface area contributed by atoms with Gasteiger partial charge >= 0.3 is 0 Å². The molecule has 2 aliphatic rings. The molecule has 4 N–H and O–H groups in total. The van der Waals surface area contributed by atoms with Crippen LogP contribution in [0.2, 0.25) is 0 Å². The van der Waals surface area contributed by atoms with Crippen LogP contribution in [0.4, 0.5) is 0 Å². The van der Waals surface area contributed by atoms with Gasteiger partial charge in [-0.3, -0.25) is 10.9 Å². The highest BCUT2D eigenvalue weighted by Crippen LogP contribution is 2.32. The summed E-state index contributed by atoms with van der Waals surface area (Å²) < 4.78 is 10.6. The second kappa shape index (κ2) is 7.65. The maximum atomic E-state index is 5.35. The predicted octanol–water partition coefficient (Wildman–Crippen LogP) is 1.70. The van der Waals surface area contributed by atoms with Gasteiger partial charge in [-0.25, -0.2) is 0 Å². The zero-order valence-corrected chi connectivity index (χ0v) is 14.3. The molecule has 1 aromatic carbocycles. The monoisotopic (exact) mass is 352 g/mol. The van der Waals surface area contributed by atoms with Crippen molar-refractivity contribution in [2.24, 2.45) is 0 Å². The van der Waals surface area contributed by atoms with Gasteiger partial charge in [-0.05, 0) is 55.0 Å². The minimum Gasteiger partial charge on any atom is -0.454 e. The Bertz CT molecular complexity index is 591. The summed E-state index contributed by atoms with van der Waals surface area (Å²) in [5.41, 5.74) is 6.86. The summed E-state index contributed by atoms with van der Waals surface area (Å²) in [6, 6.07) is 6.29. The van der Waals surface area contributed by atoms with Crippen molar-refractivity contribution in [3.05, 3.63) is 23.8 Å². The second-order valence-corrected chi connectivity index (χ2v) is 6.39. The van der Waals surface area contributed by atoms with Gasteiger partial charge in [0.15, 0.2) is 21.7 Å². The normalized spacial score (nSPS) is 16.0. The van der Waals surface area contributed by atoms with Gasteiger partial charge in [-0.2, -0.15) is 0 Å². The zero-order valence-electron chi connectivity index (χ0n) is 12.7. The third-order valence-corrected chi connectivity index (χ3v) is 4.34. The minimum absolute atomic E-state index is 0.279. The van der Waals surface area contributed by atoms with Gasteiger partial charge in [0.2, 0.25) is 6.79 Å². The van der Waals surface area contributed by atoms with Gasteiger partial charge in [0.25, 0.3) is 0 Å². The highest BCUT2D eigenvalue weighted by molar-refractivity contribution is 7.80. The van der Waals surface area contributed by atoms with Gasteiger partial charge in [0.05, 0.1) is 0 Å². The lowest BCUT2D eigenvalue weighted by atomic mass is 10.2. The molecule has 6 nitrogen and oxygen atoms in total. The average Bonchev–Trinajstić information content (AvgIpc) is 3.21. The molecule has 124 valence electrons. The molecule has 8 heteroatoms. The third-order valence-electron chi connectivity index (χ3n) is 3.87. The molecule has 0 spiro atoms. The quantitative estimate of drug-likeness (QED) is 0.484. The highest BCUT2D eigenvalue weighted by Gasteiger charge is 2.15. The molecule has 0 unspecified atom stereocenters. The van der Waals surface area contributed by atoms with Crippen LogP contribution >= 0.6 is 24.4 Å². The van der Waals surface area contributed by atoms with Crippen LogP contribution in [0.1, 0.15) is 31.2 Å². The van der Waals surface area contributed by atoms with Crippen molar-refractivity contribution in [3.63, 3.8) is 0 Å². The third kappa shape index (κ3) is 4.59. The van der Waals surface area contributed by atoms with Crippen LogP contribution in [0.3, 0.4) is 0 Å². The Morgan fingerprint density at radius 3 is 2.61 bits per heavy atom. The van der Waals surface area contributed by atoms with E-state index in [1.807, 2.05) is 18.2 Å². The molecule has 0 amide bonds. The number of rotatable bonds is 3. The first-order valence-corrected chi connectivity index (χ1v) is 8.51. The van der Waals surface area contributed by atoms with Crippen LogP contribution in [0.5, 0.6) is 11.5 Å². The summed E-state index contributed by atoms with van der Waals surface area (Å²) in [7, 11) is 0. The van der Waals surface area contributed by atoms with Crippen molar-refractivity contribution >= 4 is 34.7 Å². The molecule has 0 saturated heterocycles. The summed E-state index contributed by atoms with van der Waals surface area (Å²) in [5.74, 6) is 1.54. The van der Waals surface area contributed by atoms with Crippen LogP contribution in [0.25, 0.3) is 0 Å². The van der Waals surface area contributed by atoms with E-state index in [0.29, 0.717) is 22.8 Å². The van der Waals surface area contributed by atoms with E-state index >= 15 is 0 Å². The lowest BCUT2D eigenvalue weighted by Crippen LogP contribution is -2.51. The highest BCUT2D eigenvalue weighted by atomic mass is 32.1. The second-order valence-electron chi connectivity index (χ2n) is 5.58. The molecule has 0 radical (unpaired) electrons. The Morgan fingerprint density at radius 2 is 1.78 bits per heavy atom. The van der Waals surface area contributed by atoms with Gasteiger partial charge < -0.3 is 20.1 Å². The molecule has 0 bridgehead atoms. The lowest BCUT2D eigenvalue weighted by molar-refractivity contribution is 0.174. The molecular weight excluding hydrogens is 332 g/mol. The average molecular weight is 352 g/mol. The van der Waals surface area contributed by atoms with Crippen LogP contribution in [0, 0.1) is 0 Å². The molecule has 1 fully saturated rings. The molecular formula is C15H20N4O2S2. The van der Waals surface area contributed by atoms with E-state index in [1.54, 1.807) is 0 Å². The Hall–Kier alpha value is -1.80. The minimum atomic E-state index is 0.279. The molecule has 1 aliphatic heterocycles. The van der Waals surface area contributed by atoms with E-state index < -0.39 is 0 Å². The molecule has 0 atom stereocenters. The first-order valence-electron chi connectivity index (χ1n) is 7.69. The van der Waals surface area contributed by atoms with Crippen molar-refractivity contribution in [1.29, 1.82) is 0 Å². The van der Waals surface area contributed by atoms with E-state index in [9.17, 15) is 0 Å². The van der Waals surface area contributed by atoms with Crippen molar-refractivity contribution in [2.45, 2.75) is 38.3 Å². The Kier molecular flexibility index (Phi) is 5.35. The fourth-order valence-electron chi connectivity index (χ4n) is 2.68. The molecule has 1 heterocycles. The van der Waals surface area contributed by atoms with Gasteiger partial charge in [-0.1, -0.05) is 18.9 Å². The van der Waals surface area contributed by atoms with Gasteiger partial charge in [0, 0.05) is 12.6 Å². The van der Waals surface area contributed by atoms with Crippen molar-refractivity contribution in [2.75, 3.05) is 6.79 Å². The predicted molar refractivity (Wildman–Crippen MR) is 96.3 cm³/mol. The van der Waals surface area contributed by atoms with Crippen LogP contribution in [-0.2, 0) is 6.54 Å². The number of fused-ring (bicyclic) bond motifs is 1. The van der Waals surface area contributed by atoms with Crippen molar-refractivity contribution in [3.8, 4) is 11.5 Å². The lowest BCUT2D eigenvalue weighted by Gasteiger charge is -2.17. The molecule has 3 rings (SSSR count). The first kappa shape index (κ1) is 16.1. The van der Waals surface area contributed by atoms with E-state index in [1.165, 1.54) is 25.7 Å². The summed E-state index contributed by atoms with van der Waals surface area (Å²) in [6.45, 7) is 0.870. The standard InChI is InChI=1S/C15H20N4O2S2/c22-14(18-19-15(23)17-11-3-1-2-4-11)16-8-10-5-6-12-13(7-10)21-9-20-12/h5-7,11H,1-4,8-9H2,(H2,16,18,22)(H2,17,19,23). The maximum absolute atomic E-state index is 5.35. The van der Waals surface area contributed by atoms with E-state index in [2.05, 4.69) is 21.5 Å². The number of benzene rings is 1. The Morgan fingerprint density at radius 1 is 1.04 bits per heavy atom. The largest absolute Gasteiger partial charge is 0.454 e. The van der Waals surface area contributed by atoms with E-state index in [-0.39, 0.29) is 6.79 Å². The Labute approximate surface area is 146 Å². The van der Waals surface area contributed by atoms with Crippen LogP contribution < -0.4 is 31.0 Å². The van der Waals surface area contributed by atoms with E-state index in [4.69, 9.17) is 33.9 Å². The number of hydrogen-bond acceptors (Lipinski definition) is 4. The number of hydrazine groups is 1. The molecule has 1 saturated carbocycles. The summed E-state index contributed by atoms with van der Waals surface area (Å²) in [6.07, 6.45) is 4.88. The SMILES string of the molecule is S=C(NCc1ccc2c(c1)OCO2)NNC(=S)NC1CCCC1. The smallest absolute Gasteiger partial charge is 0.231 e. The molecule has 1 aliphatic carbocycles. The summed E-state index contributed by atoms with van der Waals surface area (Å²) >= 11 is 10.5. The molecule has 1 aromatic rings. The summed E-state index contributed by atoms with van der Waals surface area (Å²) in [4.78, 5) is 0. The fourth-order valence-corrected chi connectivity index (χ4v) is 3.02. The number of thiocarbonyl (C=S) groups is 2. The molecule has 0 aromatic heterocycles. The fraction of sp³-hybridized carbons (Fsp3) is 0.467. The topological polar surface area (TPSA) is 66.6 Å². The van der Waals surface area contributed by atoms with Crippen LogP contribution in [0.15, 0.2) is 18.2 Å². The van der Waals surface area contributed by atoms with Crippen molar-refractivity contribution in [1.82, 2.24) is 21.5 Å². The first-order chi connectivity index (χ1) is 11.2. The van der Waals surface area contributed by atoms with Gasteiger partial charge in [0.1, 0.15) is 0 Å². The number of nitrogens with one attached hydrogen (secondary N) is 4. The Balaban J connectivity index is 1.37. The van der Waals surface area contributed by atoms with E-state index in [0.717, 1.165) is 17.1 Å². The van der Waals surface area contributed by atoms with Crippen LogP contribution in [-0.4, -0.2) is 23.1 Å².